The minimum absolute atomic E-state index is 0.0165. The molecule has 1 aliphatic carbocycles. The number of aromatic nitrogens is 3. The Balaban J connectivity index is 1.08. The summed E-state index contributed by atoms with van der Waals surface area (Å²) in [6.45, 7) is 2.50. The van der Waals surface area contributed by atoms with Gasteiger partial charge in [0.2, 0.25) is 10.0 Å². The highest BCUT2D eigenvalue weighted by Gasteiger charge is 2.30. The molecule has 46 heavy (non-hydrogen) atoms. The highest BCUT2D eigenvalue weighted by atomic mass is 32.2. The van der Waals surface area contributed by atoms with Crippen molar-refractivity contribution in [3.63, 3.8) is 0 Å². The van der Waals surface area contributed by atoms with Gasteiger partial charge >= 0.3 is 5.97 Å². The average Bonchev–Trinajstić information content (AvgIpc) is 3.65. The number of nitrogens with zero attached hydrogens (tertiary/aromatic N) is 5. The third-order valence-corrected chi connectivity index (χ3v) is 11.0. The van der Waals surface area contributed by atoms with Crippen LogP contribution in [0.15, 0.2) is 67.1 Å². The molecule has 1 amide bonds. The quantitative estimate of drug-likeness (QED) is 0.230. The summed E-state index contributed by atoms with van der Waals surface area (Å²) < 4.78 is 34.0. The van der Waals surface area contributed by atoms with Gasteiger partial charge in [0.05, 0.1) is 23.6 Å². The van der Waals surface area contributed by atoms with Crippen molar-refractivity contribution in [2.24, 2.45) is 5.92 Å². The van der Waals surface area contributed by atoms with E-state index in [0.29, 0.717) is 18.6 Å². The molecule has 6 rings (SSSR count). The van der Waals surface area contributed by atoms with Crippen molar-refractivity contribution in [2.45, 2.75) is 64.3 Å². The summed E-state index contributed by atoms with van der Waals surface area (Å²) >= 11 is 0. The van der Waals surface area contributed by atoms with Crippen LogP contribution in [0.5, 0.6) is 0 Å². The number of nitrogens with one attached hydrogen (secondary N) is 1. The number of carbonyl (C=O) groups excluding carboxylic acids is 2. The van der Waals surface area contributed by atoms with Crippen molar-refractivity contribution in [3.05, 3.63) is 83.8 Å². The predicted octanol–water partition coefficient (Wildman–Crippen LogP) is 4.83. The number of esters is 1. The molecule has 1 atom stereocenters. The Morgan fingerprint density at radius 2 is 1.80 bits per heavy atom. The first-order chi connectivity index (χ1) is 22.2. The number of benzene rings is 2. The SMILES string of the molecule is CCC(C(=O)OCn1ccc2c(N(C)C3CCC(CS(=O)(=O)NC)CC3)ncnc21)c1ccc(N2Cc3ccccc3C2=O)cc1. The van der Waals surface area contributed by atoms with E-state index < -0.39 is 15.9 Å². The molecule has 1 saturated carbocycles. The topological polar surface area (TPSA) is 127 Å². The maximum absolute atomic E-state index is 13.3. The summed E-state index contributed by atoms with van der Waals surface area (Å²) in [6.07, 6.45) is 7.39. The van der Waals surface area contributed by atoms with Crippen LogP contribution in [0.3, 0.4) is 0 Å². The van der Waals surface area contributed by atoms with Crippen molar-refractivity contribution < 1.29 is 22.7 Å². The standard InChI is InChI=1S/C34H40N6O5S/c1-4-28(24-11-15-27(16-12-24)40-19-25-7-5-6-8-29(25)33(40)41)34(42)45-22-39-18-17-30-31(36-21-37-32(30)39)38(3)26-13-9-23(10-14-26)20-46(43,44)35-2/h5-8,11-12,15-18,21,23,26,28,35H,4,9-10,13-14,19-20,22H2,1-3H3. The molecule has 3 heterocycles. The molecular formula is C34H40N6O5S. The third kappa shape index (κ3) is 6.36. The van der Waals surface area contributed by atoms with Gasteiger partial charge in [-0.3, -0.25) is 14.2 Å². The van der Waals surface area contributed by atoms with E-state index >= 15 is 0 Å². The maximum Gasteiger partial charge on any atom is 0.315 e. The number of anilines is 2. The zero-order chi connectivity index (χ0) is 32.4. The molecular weight excluding hydrogens is 604 g/mol. The molecule has 0 saturated heterocycles. The van der Waals surface area contributed by atoms with Crippen LogP contribution in [-0.2, 0) is 32.8 Å². The summed E-state index contributed by atoms with van der Waals surface area (Å²) in [4.78, 5) is 39.2. The van der Waals surface area contributed by atoms with Crippen LogP contribution >= 0.6 is 0 Å². The van der Waals surface area contributed by atoms with Gasteiger partial charge in [0.1, 0.15) is 17.8 Å². The molecule has 4 aromatic rings. The Morgan fingerprint density at radius 3 is 2.50 bits per heavy atom. The van der Waals surface area contributed by atoms with Gasteiger partial charge in [0, 0.05) is 30.5 Å². The normalized spacial score (nSPS) is 18.8. The summed E-state index contributed by atoms with van der Waals surface area (Å²) in [5, 5.41) is 0.863. The van der Waals surface area contributed by atoms with E-state index in [0.717, 1.165) is 59.3 Å². The lowest BCUT2D eigenvalue weighted by Crippen LogP contribution is -2.38. The van der Waals surface area contributed by atoms with E-state index in [1.54, 1.807) is 9.47 Å². The Morgan fingerprint density at radius 1 is 1.07 bits per heavy atom. The molecule has 242 valence electrons. The first kappa shape index (κ1) is 31.7. The van der Waals surface area contributed by atoms with Gasteiger partial charge < -0.3 is 14.5 Å². The molecule has 1 aliphatic heterocycles. The molecule has 12 heteroatoms. The summed E-state index contributed by atoms with van der Waals surface area (Å²) in [5.41, 5.74) is 4.04. The molecule has 0 radical (unpaired) electrons. The highest BCUT2D eigenvalue weighted by Crippen LogP contribution is 2.33. The number of hydrogen-bond donors (Lipinski definition) is 1. The van der Waals surface area contributed by atoms with E-state index in [1.165, 1.54) is 13.4 Å². The summed E-state index contributed by atoms with van der Waals surface area (Å²) in [7, 11) is 0.258. The van der Waals surface area contributed by atoms with Gasteiger partial charge in [-0.1, -0.05) is 37.3 Å². The van der Waals surface area contributed by atoms with E-state index in [9.17, 15) is 18.0 Å². The molecule has 11 nitrogen and oxygen atoms in total. The van der Waals surface area contributed by atoms with Gasteiger partial charge in [-0.05, 0) is 80.5 Å². The molecule has 1 fully saturated rings. The van der Waals surface area contributed by atoms with Gasteiger partial charge in [0.25, 0.3) is 5.91 Å². The number of carbonyl (C=O) groups is 2. The lowest BCUT2D eigenvalue weighted by atomic mass is 9.86. The van der Waals surface area contributed by atoms with Gasteiger partial charge in [-0.25, -0.2) is 23.1 Å². The minimum Gasteiger partial charge on any atom is -0.443 e. The van der Waals surface area contributed by atoms with Crippen molar-refractivity contribution >= 4 is 44.4 Å². The average molecular weight is 645 g/mol. The smallest absolute Gasteiger partial charge is 0.315 e. The van der Waals surface area contributed by atoms with Crippen molar-refractivity contribution in [1.82, 2.24) is 19.3 Å². The first-order valence-electron chi connectivity index (χ1n) is 15.8. The van der Waals surface area contributed by atoms with Crippen LogP contribution in [0.4, 0.5) is 11.5 Å². The molecule has 2 aliphatic rings. The number of ether oxygens (including phenoxy) is 1. The maximum atomic E-state index is 13.3. The highest BCUT2D eigenvalue weighted by molar-refractivity contribution is 7.89. The van der Waals surface area contributed by atoms with E-state index in [1.807, 2.05) is 74.8 Å². The molecule has 2 aromatic carbocycles. The molecule has 0 bridgehead atoms. The lowest BCUT2D eigenvalue weighted by Gasteiger charge is -2.35. The third-order valence-electron chi connectivity index (χ3n) is 9.47. The Bertz CT molecular complexity index is 1830. The van der Waals surface area contributed by atoms with Crippen LogP contribution < -0.4 is 14.5 Å². The number of sulfonamides is 1. The second-order valence-corrected chi connectivity index (χ2v) is 14.2. The summed E-state index contributed by atoms with van der Waals surface area (Å²) in [6, 6.07) is 17.4. The van der Waals surface area contributed by atoms with Gasteiger partial charge in [0.15, 0.2) is 6.73 Å². The Labute approximate surface area is 269 Å². The fraction of sp³-hybridized carbons (Fsp3) is 0.412. The lowest BCUT2D eigenvalue weighted by molar-refractivity contribution is -0.149. The zero-order valence-corrected chi connectivity index (χ0v) is 27.2. The Kier molecular flexibility index (Phi) is 9.10. The monoisotopic (exact) mass is 644 g/mol. The van der Waals surface area contributed by atoms with Gasteiger partial charge in [-0.2, -0.15) is 0 Å². The van der Waals surface area contributed by atoms with Crippen LogP contribution in [-0.4, -0.2) is 60.7 Å². The van der Waals surface area contributed by atoms with Gasteiger partial charge in [-0.15, -0.1) is 0 Å². The van der Waals surface area contributed by atoms with Crippen LogP contribution in [0.1, 0.15) is 66.4 Å². The predicted molar refractivity (Wildman–Crippen MR) is 177 cm³/mol. The minimum atomic E-state index is -3.22. The van der Waals surface area contributed by atoms with Crippen molar-refractivity contribution in [2.75, 3.05) is 29.6 Å². The second-order valence-electron chi connectivity index (χ2n) is 12.2. The zero-order valence-electron chi connectivity index (χ0n) is 26.4. The van der Waals surface area contributed by atoms with Crippen molar-refractivity contribution in [3.8, 4) is 0 Å². The van der Waals surface area contributed by atoms with Crippen LogP contribution in [0.2, 0.25) is 0 Å². The van der Waals surface area contributed by atoms with Crippen molar-refractivity contribution in [1.29, 1.82) is 0 Å². The number of amides is 1. The Hall–Kier alpha value is -4.29. The van der Waals surface area contributed by atoms with E-state index in [-0.39, 0.29) is 36.3 Å². The fourth-order valence-electron chi connectivity index (χ4n) is 6.76. The number of hydrogen-bond acceptors (Lipinski definition) is 8. The molecule has 1 unspecified atom stereocenters. The van der Waals surface area contributed by atoms with Crippen LogP contribution in [0.25, 0.3) is 11.0 Å². The van der Waals surface area contributed by atoms with Crippen LogP contribution in [0, 0.1) is 5.92 Å². The summed E-state index contributed by atoms with van der Waals surface area (Å²) in [5.74, 6) is 0.324. The van der Waals surface area contributed by atoms with E-state index in [4.69, 9.17) is 4.74 Å². The number of fused-ring (bicyclic) bond motifs is 2. The second kappa shape index (κ2) is 13.2. The largest absolute Gasteiger partial charge is 0.443 e. The first-order valence-corrected chi connectivity index (χ1v) is 17.4. The molecule has 1 N–H and O–H groups in total. The number of rotatable bonds is 11. The van der Waals surface area contributed by atoms with E-state index in [2.05, 4.69) is 19.6 Å². The fourth-order valence-corrected chi connectivity index (χ4v) is 7.88. The molecule has 0 spiro atoms. The molecule has 2 aromatic heterocycles.